The number of anilines is 1. The zero-order valence-electron chi connectivity index (χ0n) is 15.1. The van der Waals surface area contributed by atoms with Crippen molar-refractivity contribution in [1.82, 2.24) is 20.2 Å². The van der Waals surface area contributed by atoms with Crippen molar-refractivity contribution in [2.24, 2.45) is 5.73 Å². The highest BCUT2D eigenvalue weighted by Gasteiger charge is 2.12. The predicted octanol–water partition coefficient (Wildman–Crippen LogP) is 5.12. The number of hydrogen-bond acceptors (Lipinski definition) is 8. The highest BCUT2D eigenvalue weighted by Crippen LogP contribution is 2.33. The molecule has 2 aromatic heterocycles. The maximum Gasteiger partial charge on any atom is 0.243 e. The first kappa shape index (κ1) is 20.3. The molecule has 0 saturated heterocycles. The molecule has 0 atom stereocenters. The second-order valence-corrected chi connectivity index (χ2v) is 9.09. The van der Waals surface area contributed by atoms with Gasteiger partial charge in [-0.1, -0.05) is 29.3 Å². The summed E-state index contributed by atoms with van der Waals surface area (Å²) in [6.07, 6.45) is 1.54. The number of benzene rings is 2. The lowest BCUT2D eigenvalue weighted by molar-refractivity contribution is 0.946. The van der Waals surface area contributed by atoms with Crippen molar-refractivity contribution in [1.29, 1.82) is 0 Å². The molecule has 3 N–H and O–H groups in total. The van der Waals surface area contributed by atoms with Crippen LogP contribution >= 0.6 is 46.3 Å². The number of nitrogens with two attached hydrogens (primary N) is 1. The topological polar surface area (TPSA) is 89.6 Å². The fourth-order valence-electron chi connectivity index (χ4n) is 2.69. The van der Waals surface area contributed by atoms with Crippen LogP contribution in [0.5, 0.6) is 0 Å². The Morgan fingerprint density at radius 3 is 2.72 bits per heavy atom. The Morgan fingerprint density at radius 2 is 1.93 bits per heavy atom. The number of halogens is 2. The zero-order chi connectivity index (χ0) is 20.2. The molecule has 29 heavy (non-hydrogen) atoms. The molecule has 10 heteroatoms. The van der Waals surface area contributed by atoms with E-state index >= 15 is 0 Å². The van der Waals surface area contributed by atoms with E-state index in [4.69, 9.17) is 33.9 Å². The number of hydrogen-bond donors (Lipinski definition) is 2. The van der Waals surface area contributed by atoms with Gasteiger partial charge in [0.15, 0.2) is 0 Å². The molecule has 2 heterocycles. The number of thioether (sulfide) groups is 1. The van der Waals surface area contributed by atoms with Gasteiger partial charge in [-0.2, -0.15) is 5.10 Å². The molecule has 0 aliphatic heterocycles. The standard InChI is InChI=1S/C19H16Cl2N6S2/c20-12-2-1-3-13(21)18(12)15-9-24-27-19(26-15)23-10-17-25-14-8-11(28-7-6-22)4-5-16(14)29-17/h1-5,8-9H,6-7,10,22H2,(H,23,26,27). The van der Waals surface area contributed by atoms with Crippen molar-refractivity contribution in [3.8, 4) is 11.3 Å². The fourth-order valence-corrected chi connectivity index (χ4v) is 4.88. The Balaban J connectivity index is 1.50. The third-order valence-corrected chi connectivity index (χ3v) is 6.66. The number of nitrogens with zero attached hydrogens (tertiary/aromatic N) is 4. The Morgan fingerprint density at radius 1 is 1.10 bits per heavy atom. The third-order valence-electron chi connectivity index (χ3n) is 3.97. The summed E-state index contributed by atoms with van der Waals surface area (Å²) >= 11 is 15.9. The minimum absolute atomic E-state index is 0.386. The number of fused-ring (bicyclic) bond motifs is 1. The Labute approximate surface area is 185 Å². The van der Waals surface area contributed by atoms with E-state index in [-0.39, 0.29) is 0 Å². The van der Waals surface area contributed by atoms with E-state index in [1.54, 1.807) is 41.3 Å². The van der Waals surface area contributed by atoms with Crippen LogP contribution in [0.25, 0.3) is 21.5 Å². The van der Waals surface area contributed by atoms with Crippen LogP contribution in [0.3, 0.4) is 0 Å². The maximum absolute atomic E-state index is 6.27. The summed E-state index contributed by atoms with van der Waals surface area (Å²) in [6, 6.07) is 11.6. The van der Waals surface area contributed by atoms with Gasteiger partial charge in [0, 0.05) is 22.8 Å². The summed E-state index contributed by atoms with van der Waals surface area (Å²) in [4.78, 5) is 10.4. The minimum Gasteiger partial charge on any atom is -0.346 e. The van der Waals surface area contributed by atoms with Gasteiger partial charge in [-0.05, 0) is 30.3 Å². The van der Waals surface area contributed by atoms with Gasteiger partial charge in [0.05, 0.1) is 38.7 Å². The number of aromatic nitrogens is 4. The van der Waals surface area contributed by atoms with Gasteiger partial charge in [0.1, 0.15) is 5.01 Å². The van der Waals surface area contributed by atoms with Crippen molar-refractivity contribution in [2.45, 2.75) is 11.4 Å². The third kappa shape index (κ3) is 4.79. The van der Waals surface area contributed by atoms with Crippen LogP contribution in [-0.2, 0) is 6.54 Å². The number of thiazole rings is 1. The monoisotopic (exact) mass is 462 g/mol. The molecule has 4 aromatic rings. The molecule has 0 bridgehead atoms. The van der Waals surface area contributed by atoms with Crippen molar-refractivity contribution in [3.05, 3.63) is 57.6 Å². The van der Waals surface area contributed by atoms with E-state index in [0.717, 1.165) is 21.0 Å². The molecule has 0 aliphatic carbocycles. The molecule has 0 aliphatic rings. The van der Waals surface area contributed by atoms with Crippen molar-refractivity contribution in [3.63, 3.8) is 0 Å². The number of rotatable bonds is 7. The Hall–Kier alpha value is -1.97. The lowest BCUT2D eigenvalue weighted by Gasteiger charge is -2.07. The molecule has 6 nitrogen and oxygen atoms in total. The van der Waals surface area contributed by atoms with Gasteiger partial charge in [-0.3, -0.25) is 0 Å². The van der Waals surface area contributed by atoms with Crippen LogP contribution in [0.2, 0.25) is 10.0 Å². The first-order valence-corrected chi connectivity index (χ1v) is 11.3. The van der Waals surface area contributed by atoms with Gasteiger partial charge < -0.3 is 11.1 Å². The van der Waals surface area contributed by atoms with Crippen LogP contribution in [0.4, 0.5) is 5.95 Å². The SMILES string of the molecule is NCCSc1ccc2sc(CNc3nncc(-c4c(Cl)cccc4Cl)n3)nc2c1. The molecular weight excluding hydrogens is 447 g/mol. The zero-order valence-corrected chi connectivity index (χ0v) is 18.2. The minimum atomic E-state index is 0.386. The van der Waals surface area contributed by atoms with E-state index in [2.05, 4.69) is 38.7 Å². The largest absolute Gasteiger partial charge is 0.346 e. The quantitative estimate of drug-likeness (QED) is 0.368. The van der Waals surface area contributed by atoms with Crippen LogP contribution in [0.1, 0.15) is 5.01 Å². The van der Waals surface area contributed by atoms with Crippen LogP contribution < -0.4 is 11.1 Å². The van der Waals surface area contributed by atoms with Gasteiger partial charge in [-0.25, -0.2) is 9.97 Å². The van der Waals surface area contributed by atoms with Gasteiger partial charge >= 0.3 is 0 Å². The highest BCUT2D eigenvalue weighted by atomic mass is 35.5. The van der Waals surface area contributed by atoms with Crippen molar-refractivity contribution in [2.75, 3.05) is 17.6 Å². The number of nitrogens with one attached hydrogen (secondary N) is 1. The molecule has 0 radical (unpaired) electrons. The van der Waals surface area contributed by atoms with E-state index < -0.39 is 0 Å². The molecule has 0 fully saturated rings. The Kier molecular flexibility index (Phi) is 6.46. The summed E-state index contributed by atoms with van der Waals surface area (Å²) in [5, 5.41) is 13.2. The van der Waals surface area contributed by atoms with E-state index in [1.807, 2.05) is 0 Å². The van der Waals surface area contributed by atoms with Crippen LogP contribution in [0, 0.1) is 0 Å². The molecule has 0 unspecified atom stereocenters. The van der Waals surface area contributed by atoms with Crippen LogP contribution in [-0.4, -0.2) is 32.5 Å². The highest BCUT2D eigenvalue weighted by molar-refractivity contribution is 7.99. The maximum atomic E-state index is 6.27. The first-order chi connectivity index (χ1) is 14.1. The normalized spacial score (nSPS) is 11.1. The average Bonchev–Trinajstić information content (AvgIpc) is 3.13. The van der Waals surface area contributed by atoms with Crippen LogP contribution in [0.15, 0.2) is 47.5 Å². The van der Waals surface area contributed by atoms with Gasteiger partial charge in [-0.15, -0.1) is 28.2 Å². The summed E-state index contributed by atoms with van der Waals surface area (Å²) in [5.41, 5.74) is 7.75. The predicted molar refractivity (Wildman–Crippen MR) is 122 cm³/mol. The molecule has 4 rings (SSSR count). The van der Waals surface area contributed by atoms with E-state index in [1.165, 1.54) is 11.1 Å². The second-order valence-electron chi connectivity index (χ2n) is 5.99. The smallest absolute Gasteiger partial charge is 0.243 e. The average molecular weight is 463 g/mol. The Bertz CT molecular complexity index is 1130. The van der Waals surface area contributed by atoms with Crippen molar-refractivity contribution < 1.29 is 0 Å². The second kappa shape index (κ2) is 9.23. The lowest BCUT2D eigenvalue weighted by atomic mass is 10.1. The van der Waals surface area contributed by atoms with Gasteiger partial charge in [0.25, 0.3) is 0 Å². The van der Waals surface area contributed by atoms with Gasteiger partial charge in [0.2, 0.25) is 5.95 Å². The molecule has 0 saturated carbocycles. The first-order valence-electron chi connectivity index (χ1n) is 8.74. The van der Waals surface area contributed by atoms with E-state index in [0.29, 0.717) is 40.3 Å². The molecule has 2 aromatic carbocycles. The summed E-state index contributed by atoms with van der Waals surface area (Å²) in [5.74, 6) is 1.28. The summed E-state index contributed by atoms with van der Waals surface area (Å²) in [7, 11) is 0. The molecule has 0 spiro atoms. The van der Waals surface area contributed by atoms with E-state index in [9.17, 15) is 0 Å². The fraction of sp³-hybridized carbons (Fsp3) is 0.158. The molecule has 0 amide bonds. The van der Waals surface area contributed by atoms with Crippen molar-refractivity contribution >= 4 is 62.5 Å². The molecular formula is C19H16Cl2N6S2. The summed E-state index contributed by atoms with van der Waals surface area (Å²) < 4.78 is 1.13. The molecule has 148 valence electrons. The lowest BCUT2D eigenvalue weighted by Crippen LogP contribution is -2.05. The summed E-state index contributed by atoms with van der Waals surface area (Å²) in [6.45, 7) is 1.15.